The highest BCUT2D eigenvalue weighted by atomic mass is 32.1. The minimum atomic E-state index is -0.610. The monoisotopic (exact) mass is 403 g/mol. The summed E-state index contributed by atoms with van der Waals surface area (Å²) in [5.41, 5.74) is 6.96. The Kier molecular flexibility index (Phi) is 5.55. The molecule has 1 aliphatic heterocycles. The summed E-state index contributed by atoms with van der Waals surface area (Å²) < 4.78 is 10.4. The number of methoxy groups -OCH3 is 2. The molecule has 0 saturated carbocycles. The van der Waals surface area contributed by atoms with Gasteiger partial charge >= 0.3 is 0 Å². The molecule has 0 atom stereocenters. The number of primary amides is 1. The standard InChI is InChI=1S/C19H21N3O5S/c1-10(23)22-7-6-12-15(9-22)28-19(16(12)17(20)24)21-18(25)13-8-11(26-2)4-5-14(13)27-3/h4-5,8H,6-7,9H2,1-3H3,(H2,20,24)(H,21,25). The smallest absolute Gasteiger partial charge is 0.260 e. The van der Waals surface area contributed by atoms with E-state index >= 15 is 0 Å². The van der Waals surface area contributed by atoms with E-state index in [1.807, 2.05) is 0 Å². The first-order valence-electron chi connectivity index (χ1n) is 8.59. The predicted molar refractivity (Wildman–Crippen MR) is 105 cm³/mol. The first-order chi connectivity index (χ1) is 13.3. The van der Waals surface area contributed by atoms with Gasteiger partial charge in [0.2, 0.25) is 5.91 Å². The van der Waals surface area contributed by atoms with E-state index in [0.29, 0.717) is 41.6 Å². The van der Waals surface area contributed by atoms with E-state index in [9.17, 15) is 14.4 Å². The van der Waals surface area contributed by atoms with Crippen molar-refractivity contribution in [3.8, 4) is 11.5 Å². The number of ether oxygens (including phenoxy) is 2. The second-order valence-electron chi connectivity index (χ2n) is 6.28. The molecule has 3 rings (SSSR count). The summed E-state index contributed by atoms with van der Waals surface area (Å²) in [5.74, 6) is -0.208. The van der Waals surface area contributed by atoms with Gasteiger partial charge in [-0.25, -0.2) is 0 Å². The Labute approximate surface area is 166 Å². The Morgan fingerprint density at radius 3 is 2.57 bits per heavy atom. The number of nitrogens with one attached hydrogen (secondary N) is 1. The average molecular weight is 403 g/mol. The van der Waals surface area contributed by atoms with Crippen molar-refractivity contribution in [2.24, 2.45) is 5.73 Å². The van der Waals surface area contributed by atoms with Crippen LogP contribution in [0, 0.1) is 0 Å². The van der Waals surface area contributed by atoms with Gasteiger partial charge in [0.25, 0.3) is 11.8 Å². The van der Waals surface area contributed by atoms with Gasteiger partial charge in [-0.15, -0.1) is 11.3 Å². The van der Waals surface area contributed by atoms with Crippen molar-refractivity contribution in [2.75, 3.05) is 26.1 Å². The van der Waals surface area contributed by atoms with Crippen LogP contribution in [0.2, 0.25) is 0 Å². The van der Waals surface area contributed by atoms with Crippen molar-refractivity contribution < 1.29 is 23.9 Å². The molecule has 2 heterocycles. The van der Waals surface area contributed by atoms with Gasteiger partial charge in [-0.2, -0.15) is 0 Å². The lowest BCUT2D eigenvalue weighted by molar-refractivity contribution is -0.129. The number of carbonyl (C=O) groups excluding carboxylic acids is 3. The van der Waals surface area contributed by atoms with Gasteiger partial charge in [0.1, 0.15) is 16.5 Å². The van der Waals surface area contributed by atoms with Gasteiger partial charge in [0, 0.05) is 18.3 Å². The number of thiophene rings is 1. The molecule has 0 fully saturated rings. The molecule has 28 heavy (non-hydrogen) atoms. The summed E-state index contributed by atoms with van der Waals surface area (Å²) in [6, 6.07) is 4.88. The van der Waals surface area contributed by atoms with Gasteiger partial charge in [-0.1, -0.05) is 0 Å². The SMILES string of the molecule is COc1ccc(OC)c(C(=O)Nc2sc3c(c2C(N)=O)CCN(C(C)=O)C3)c1. The summed E-state index contributed by atoms with van der Waals surface area (Å²) in [7, 11) is 2.97. The molecule has 1 aromatic carbocycles. The molecular weight excluding hydrogens is 382 g/mol. The van der Waals surface area contributed by atoms with Crippen LogP contribution in [0.15, 0.2) is 18.2 Å². The second-order valence-corrected chi connectivity index (χ2v) is 7.39. The molecule has 0 aliphatic carbocycles. The number of anilines is 1. The molecule has 148 valence electrons. The number of fused-ring (bicyclic) bond motifs is 1. The van der Waals surface area contributed by atoms with Crippen LogP contribution in [0.5, 0.6) is 11.5 Å². The number of rotatable bonds is 5. The maximum absolute atomic E-state index is 12.9. The van der Waals surface area contributed by atoms with Crippen molar-refractivity contribution in [1.82, 2.24) is 4.90 Å². The lowest BCUT2D eigenvalue weighted by Crippen LogP contribution is -2.34. The van der Waals surface area contributed by atoms with E-state index < -0.39 is 11.8 Å². The van der Waals surface area contributed by atoms with Gasteiger partial charge in [-0.3, -0.25) is 14.4 Å². The molecule has 3 N–H and O–H groups in total. The maximum Gasteiger partial charge on any atom is 0.260 e. The Balaban J connectivity index is 1.96. The summed E-state index contributed by atoms with van der Waals surface area (Å²) in [5, 5.41) is 3.15. The Morgan fingerprint density at radius 1 is 1.21 bits per heavy atom. The molecule has 0 unspecified atom stereocenters. The molecule has 0 saturated heterocycles. The minimum absolute atomic E-state index is 0.0358. The molecule has 0 bridgehead atoms. The maximum atomic E-state index is 12.9. The topological polar surface area (TPSA) is 111 Å². The molecule has 0 radical (unpaired) electrons. The third-order valence-electron chi connectivity index (χ3n) is 4.63. The van der Waals surface area contributed by atoms with Crippen molar-refractivity contribution >= 4 is 34.1 Å². The summed E-state index contributed by atoms with van der Waals surface area (Å²) >= 11 is 1.26. The lowest BCUT2D eigenvalue weighted by atomic mass is 10.0. The molecule has 8 nitrogen and oxygen atoms in total. The second kappa shape index (κ2) is 7.89. The van der Waals surface area contributed by atoms with Gasteiger partial charge < -0.3 is 25.4 Å². The first kappa shape index (κ1) is 19.7. The van der Waals surface area contributed by atoms with E-state index in [1.54, 1.807) is 23.1 Å². The number of benzene rings is 1. The number of nitrogens with zero attached hydrogens (tertiary/aromatic N) is 1. The zero-order valence-corrected chi connectivity index (χ0v) is 16.6. The highest BCUT2D eigenvalue weighted by Gasteiger charge is 2.29. The van der Waals surface area contributed by atoms with Gasteiger partial charge in [0.05, 0.1) is 31.9 Å². The zero-order chi connectivity index (χ0) is 20.4. The first-order valence-corrected chi connectivity index (χ1v) is 9.40. The predicted octanol–water partition coefficient (Wildman–Crippen LogP) is 2.02. The molecule has 1 aliphatic rings. The van der Waals surface area contributed by atoms with Crippen LogP contribution in [0.3, 0.4) is 0 Å². The lowest BCUT2D eigenvalue weighted by Gasteiger charge is -2.25. The van der Waals surface area contributed by atoms with Crippen LogP contribution in [-0.4, -0.2) is 43.4 Å². The van der Waals surface area contributed by atoms with Crippen molar-refractivity contribution in [3.63, 3.8) is 0 Å². The van der Waals surface area contributed by atoms with Crippen molar-refractivity contribution in [1.29, 1.82) is 0 Å². The minimum Gasteiger partial charge on any atom is -0.497 e. The van der Waals surface area contributed by atoms with Crippen LogP contribution >= 0.6 is 11.3 Å². The summed E-state index contributed by atoms with van der Waals surface area (Å²) in [6.45, 7) is 2.41. The summed E-state index contributed by atoms with van der Waals surface area (Å²) in [4.78, 5) is 39.1. The fourth-order valence-corrected chi connectivity index (χ4v) is 4.45. The fourth-order valence-electron chi connectivity index (χ4n) is 3.18. The Morgan fingerprint density at radius 2 is 1.96 bits per heavy atom. The Hall–Kier alpha value is -3.07. The van der Waals surface area contributed by atoms with Gasteiger partial charge in [0.15, 0.2) is 0 Å². The number of hydrogen-bond acceptors (Lipinski definition) is 6. The van der Waals surface area contributed by atoms with Crippen LogP contribution in [0.1, 0.15) is 38.1 Å². The quantitative estimate of drug-likeness (QED) is 0.793. The highest BCUT2D eigenvalue weighted by molar-refractivity contribution is 7.17. The fraction of sp³-hybridized carbons (Fsp3) is 0.316. The van der Waals surface area contributed by atoms with E-state index in [0.717, 1.165) is 10.4 Å². The molecule has 2 aromatic rings. The Bertz CT molecular complexity index is 953. The van der Waals surface area contributed by atoms with Crippen LogP contribution in [0.25, 0.3) is 0 Å². The van der Waals surface area contributed by atoms with Crippen LogP contribution in [-0.2, 0) is 17.8 Å². The van der Waals surface area contributed by atoms with Crippen molar-refractivity contribution in [2.45, 2.75) is 19.9 Å². The number of nitrogens with two attached hydrogens (primary N) is 1. The van der Waals surface area contributed by atoms with Crippen molar-refractivity contribution in [3.05, 3.63) is 39.8 Å². The van der Waals surface area contributed by atoms with Crippen LogP contribution in [0.4, 0.5) is 5.00 Å². The molecule has 0 spiro atoms. The third kappa shape index (κ3) is 3.65. The van der Waals surface area contributed by atoms with E-state index in [1.165, 1.54) is 32.5 Å². The van der Waals surface area contributed by atoms with Crippen LogP contribution < -0.4 is 20.5 Å². The highest BCUT2D eigenvalue weighted by Crippen LogP contribution is 2.37. The normalized spacial score (nSPS) is 12.9. The van der Waals surface area contributed by atoms with E-state index in [2.05, 4.69) is 5.32 Å². The number of amides is 3. The molecule has 1 aromatic heterocycles. The molecule has 9 heteroatoms. The number of carbonyl (C=O) groups is 3. The largest absolute Gasteiger partial charge is 0.497 e. The summed E-state index contributed by atoms with van der Waals surface area (Å²) in [6.07, 6.45) is 0.516. The molecular formula is C19H21N3O5S. The van der Waals surface area contributed by atoms with E-state index in [4.69, 9.17) is 15.2 Å². The third-order valence-corrected chi connectivity index (χ3v) is 5.76. The van der Waals surface area contributed by atoms with E-state index in [-0.39, 0.29) is 11.5 Å². The van der Waals surface area contributed by atoms with Gasteiger partial charge in [-0.05, 0) is 30.2 Å². The zero-order valence-electron chi connectivity index (χ0n) is 15.8. The number of hydrogen-bond donors (Lipinski definition) is 2. The molecule has 3 amide bonds. The average Bonchev–Trinajstić information content (AvgIpc) is 3.04.